The number of sulfone groups is 1. The van der Waals surface area contributed by atoms with Gasteiger partial charge in [-0.05, 0) is 33.1 Å². The zero-order valence-electron chi connectivity index (χ0n) is 11.3. The molecule has 7 heteroatoms. The molecule has 2 heterocycles. The molecule has 1 fully saturated rings. The average molecular weight is 284 g/mol. The van der Waals surface area contributed by atoms with Gasteiger partial charge in [0.25, 0.3) is 0 Å². The molecule has 1 aliphatic heterocycles. The van der Waals surface area contributed by atoms with E-state index >= 15 is 0 Å². The first-order chi connectivity index (χ1) is 8.93. The maximum atomic E-state index is 12.1. The van der Waals surface area contributed by atoms with Crippen LogP contribution in [0, 0.1) is 0 Å². The van der Waals surface area contributed by atoms with E-state index in [4.69, 9.17) is 5.73 Å². The lowest BCUT2D eigenvalue weighted by atomic mass is 10.1. The number of aromatic nitrogens is 2. The average Bonchev–Trinajstić information content (AvgIpc) is 2.39. The minimum absolute atomic E-state index is 0.0308. The highest BCUT2D eigenvalue weighted by Crippen LogP contribution is 2.23. The van der Waals surface area contributed by atoms with Crippen LogP contribution in [-0.2, 0) is 9.84 Å². The molecule has 6 nitrogen and oxygen atoms in total. The number of hydrogen-bond donors (Lipinski definition) is 1. The van der Waals surface area contributed by atoms with Crippen LogP contribution in [0.15, 0.2) is 11.1 Å². The lowest BCUT2D eigenvalue weighted by molar-refractivity contribution is 0.567. The molecule has 0 saturated carbocycles. The fraction of sp³-hybridized carbons (Fsp3) is 0.667. The molecule has 2 rings (SSSR count). The molecule has 0 aromatic carbocycles. The molecule has 0 bridgehead atoms. The van der Waals surface area contributed by atoms with Gasteiger partial charge in [-0.15, -0.1) is 0 Å². The Balaban J connectivity index is 2.32. The van der Waals surface area contributed by atoms with Gasteiger partial charge in [-0.1, -0.05) is 0 Å². The second-order valence-electron chi connectivity index (χ2n) is 5.06. The van der Waals surface area contributed by atoms with Crippen molar-refractivity contribution in [3.63, 3.8) is 0 Å². The third kappa shape index (κ3) is 2.80. The van der Waals surface area contributed by atoms with Gasteiger partial charge in [-0.3, -0.25) is 0 Å². The Bertz CT molecular complexity index is 551. The predicted octanol–water partition coefficient (Wildman–Crippen LogP) is 1.23. The molecule has 1 aromatic rings. The zero-order chi connectivity index (χ0) is 14.0. The third-order valence-corrected chi connectivity index (χ3v) is 5.51. The quantitative estimate of drug-likeness (QED) is 0.898. The van der Waals surface area contributed by atoms with Crippen LogP contribution >= 0.6 is 0 Å². The smallest absolute Gasteiger partial charge is 0.227 e. The molecule has 0 radical (unpaired) electrons. The molecule has 1 saturated heterocycles. The summed E-state index contributed by atoms with van der Waals surface area (Å²) in [4.78, 5) is 10.4. The monoisotopic (exact) mass is 284 g/mol. The second-order valence-corrected chi connectivity index (χ2v) is 7.53. The first kappa shape index (κ1) is 14.0. The van der Waals surface area contributed by atoms with Crippen molar-refractivity contribution in [2.24, 2.45) is 0 Å². The van der Waals surface area contributed by atoms with Crippen molar-refractivity contribution in [2.75, 3.05) is 23.7 Å². The van der Waals surface area contributed by atoms with E-state index in [0.29, 0.717) is 5.95 Å². The summed E-state index contributed by atoms with van der Waals surface area (Å²) in [5, 5.41) is -0.528. The summed E-state index contributed by atoms with van der Waals surface area (Å²) in [5.74, 6) is 0.573. The van der Waals surface area contributed by atoms with E-state index in [0.717, 1.165) is 25.9 Å². The number of rotatable bonds is 3. The van der Waals surface area contributed by atoms with Crippen LogP contribution in [0.5, 0.6) is 0 Å². The maximum absolute atomic E-state index is 12.1. The van der Waals surface area contributed by atoms with Crippen molar-refractivity contribution < 1.29 is 8.42 Å². The summed E-state index contributed by atoms with van der Waals surface area (Å²) >= 11 is 0. The van der Waals surface area contributed by atoms with Crippen LogP contribution in [0.2, 0.25) is 0 Å². The van der Waals surface area contributed by atoms with E-state index in [1.54, 1.807) is 13.8 Å². The van der Waals surface area contributed by atoms with E-state index < -0.39 is 15.1 Å². The van der Waals surface area contributed by atoms with E-state index in [2.05, 4.69) is 9.97 Å². The molecule has 1 aliphatic rings. The van der Waals surface area contributed by atoms with Crippen molar-refractivity contribution in [2.45, 2.75) is 43.3 Å². The second kappa shape index (κ2) is 5.32. The van der Waals surface area contributed by atoms with Gasteiger partial charge in [0, 0.05) is 13.1 Å². The highest BCUT2D eigenvalue weighted by atomic mass is 32.2. The largest absolute Gasteiger partial charge is 0.382 e. The molecule has 19 heavy (non-hydrogen) atoms. The van der Waals surface area contributed by atoms with Crippen LogP contribution in [-0.4, -0.2) is 36.7 Å². The first-order valence-corrected chi connectivity index (χ1v) is 8.09. The number of nitrogen functional groups attached to an aromatic ring is 1. The van der Waals surface area contributed by atoms with Gasteiger partial charge in [0.1, 0.15) is 10.7 Å². The molecule has 0 unspecified atom stereocenters. The molecule has 0 amide bonds. The van der Waals surface area contributed by atoms with Crippen LogP contribution in [0.3, 0.4) is 0 Å². The van der Waals surface area contributed by atoms with E-state index in [9.17, 15) is 8.42 Å². The van der Waals surface area contributed by atoms with Gasteiger partial charge in [0.15, 0.2) is 9.84 Å². The van der Waals surface area contributed by atoms with Crippen LogP contribution in [0.25, 0.3) is 0 Å². The molecule has 2 N–H and O–H groups in total. The minimum Gasteiger partial charge on any atom is -0.382 e. The van der Waals surface area contributed by atoms with Crippen LogP contribution in [0.1, 0.15) is 33.1 Å². The van der Waals surface area contributed by atoms with Crippen molar-refractivity contribution in [3.8, 4) is 0 Å². The Kier molecular flexibility index (Phi) is 3.93. The number of nitrogens with zero attached hydrogens (tertiary/aromatic N) is 3. The molecule has 1 aromatic heterocycles. The topological polar surface area (TPSA) is 89.2 Å². The summed E-state index contributed by atoms with van der Waals surface area (Å²) in [6, 6.07) is 0. The first-order valence-electron chi connectivity index (χ1n) is 6.54. The lowest BCUT2D eigenvalue weighted by Gasteiger charge is -2.26. The third-order valence-electron chi connectivity index (χ3n) is 3.34. The number of anilines is 2. The number of nitrogens with two attached hydrogens (primary N) is 1. The van der Waals surface area contributed by atoms with Crippen molar-refractivity contribution in [1.82, 2.24) is 9.97 Å². The summed E-state index contributed by atoms with van der Waals surface area (Å²) < 4.78 is 24.1. The fourth-order valence-electron chi connectivity index (χ4n) is 2.09. The molecule has 0 atom stereocenters. The predicted molar refractivity (Wildman–Crippen MR) is 74.8 cm³/mol. The SMILES string of the molecule is CC(C)S(=O)(=O)c1cnc(N2CCCCC2)nc1N. The summed E-state index contributed by atoms with van der Waals surface area (Å²) in [6.45, 7) is 5.03. The van der Waals surface area contributed by atoms with Crippen LogP contribution < -0.4 is 10.6 Å². The Morgan fingerprint density at radius 2 is 1.89 bits per heavy atom. The molecular weight excluding hydrogens is 264 g/mol. The Labute approximate surface area is 114 Å². The van der Waals surface area contributed by atoms with Gasteiger partial charge in [-0.2, -0.15) is 4.98 Å². The zero-order valence-corrected chi connectivity index (χ0v) is 12.2. The van der Waals surface area contributed by atoms with Crippen LogP contribution in [0.4, 0.5) is 11.8 Å². The highest BCUT2D eigenvalue weighted by molar-refractivity contribution is 7.92. The summed E-state index contributed by atoms with van der Waals surface area (Å²) in [7, 11) is -3.42. The maximum Gasteiger partial charge on any atom is 0.227 e. The van der Waals surface area contributed by atoms with Gasteiger partial charge in [-0.25, -0.2) is 13.4 Å². The van der Waals surface area contributed by atoms with E-state index in [1.807, 2.05) is 4.90 Å². The van der Waals surface area contributed by atoms with E-state index in [-0.39, 0.29) is 10.7 Å². The normalized spacial score (nSPS) is 16.9. The minimum atomic E-state index is -3.42. The van der Waals surface area contributed by atoms with Gasteiger partial charge < -0.3 is 10.6 Å². The number of hydrogen-bond acceptors (Lipinski definition) is 6. The van der Waals surface area contributed by atoms with Gasteiger partial charge in [0.05, 0.1) is 11.4 Å². The van der Waals surface area contributed by atoms with Crippen molar-refractivity contribution in [3.05, 3.63) is 6.20 Å². The van der Waals surface area contributed by atoms with Gasteiger partial charge >= 0.3 is 0 Å². The summed E-state index contributed by atoms with van der Waals surface area (Å²) in [6.07, 6.45) is 4.76. The molecule has 0 spiro atoms. The van der Waals surface area contributed by atoms with E-state index in [1.165, 1.54) is 12.6 Å². The molecule has 106 valence electrons. The fourth-order valence-corrected chi connectivity index (χ4v) is 3.14. The Hall–Kier alpha value is -1.37. The Morgan fingerprint density at radius 1 is 1.26 bits per heavy atom. The van der Waals surface area contributed by atoms with Crippen molar-refractivity contribution in [1.29, 1.82) is 0 Å². The highest BCUT2D eigenvalue weighted by Gasteiger charge is 2.24. The van der Waals surface area contributed by atoms with Crippen molar-refractivity contribution >= 4 is 21.6 Å². The summed E-state index contributed by atoms with van der Waals surface area (Å²) in [5.41, 5.74) is 5.80. The number of piperidine rings is 1. The Morgan fingerprint density at radius 3 is 2.42 bits per heavy atom. The molecule has 0 aliphatic carbocycles. The van der Waals surface area contributed by atoms with Gasteiger partial charge in [0.2, 0.25) is 5.95 Å². The lowest BCUT2D eigenvalue weighted by Crippen LogP contribution is -2.31. The standard InChI is InChI=1S/C12H20N4O2S/c1-9(2)19(17,18)10-8-14-12(15-11(10)13)16-6-4-3-5-7-16/h8-9H,3-7H2,1-2H3,(H2,13,14,15). The molecular formula is C12H20N4O2S.